The first-order valence-corrected chi connectivity index (χ1v) is 6.81. The highest BCUT2D eigenvalue weighted by Gasteiger charge is 2.23. The van der Waals surface area contributed by atoms with Gasteiger partial charge in [0, 0.05) is 19.6 Å². The predicted molar refractivity (Wildman–Crippen MR) is 68.9 cm³/mol. The van der Waals surface area contributed by atoms with E-state index in [1.165, 1.54) is 38.8 Å². The molecule has 4 heteroatoms. The van der Waals surface area contributed by atoms with E-state index in [1.54, 1.807) is 0 Å². The van der Waals surface area contributed by atoms with Gasteiger partial charge in [0.2, 0.25) is 5.91 Å². The zero-order valence-corrected chi connectivity index (χ0v) is 11.1. The van der Waals surface area contributed by atoms with Crippen LogP contribution in [0.3, 0.4) is 0 Å². The SMILES string of the molecule is CN1CCC(CN(C)C(=O)CNC2CC2)CC1. The van der Waals surface area contributed by atoms with Crippen LogP contribution in [0.15, 0.2) is 0 Å². The first-order valence-electron chi connectivity index (χ1n) is 6.81. The van der Waals surface area contributed by atoms with Crippen LogP contribution in [0, 0.1) is 5.92 Å². The summed E-state index contributed by atoms with van der Waals surface area (Å²) in [5.74, 6) is 0.942. The van der Waals surface area contributed by atoms with Crippen molar-refractivity contribution < 1.29 is 4.79 Å². The van der Waals surface area contributed by atoms with E-state index in [1.807, 2.05) is 11.9 Å². The van der Waals surface area contributed by atoms with Crippen LogP contribution in [0.2, 0.25) is 0 Å². The Morgan fingerprint density at radius 2 is 1.94 bits per heavy atom. The second-order valence-electron chi connectivity index (χ2n) is 5.68. The lowest BCUT2D eigenvalue weighted by atomic mass is 9.97. The molecule has 2 rings (SSSR count). The zero-order chi connectivity index (χ0) is 12.3. The third-order valence-corrected chi connectivity index (χ3v) is 3.92. The average Bonchev–Trinajstić information content (AvgIpc) is 3.13. The number of hydrogen-bond acceptors (Lipinski definition) is 3. The summed E-state index contributed by atoms with van der Waals surface area (Å²) in [4.78, 5) is 16.1. The Balaban J connectivity index is 1.64. The van der Waals surface area contributed by atoms with E-state index in [0.717, 1.165) is 6.54 Å². The fourth-order valence-corrected chi connectivity index (χ4v) is 2.39. The van der Waals surface area contributed by atoms with Crippen LogP contribution in [0.5, 0.6) is 0 Å². The fraction of sp³-hybridized carbons (Fsp3) is 0.923. The molecule has 1 heterocycles. The molecule has 1 N–H and O–H groups in total. The highest BCUT2D eigenvalue weighted by Crippen LogP contribution is 2.19. The molecule has 0 spiro atoms. The number of likely N-dealkylation sites (tertiary alicyclic amines) is 1. The maximum atomic E-state index is 11.9. The minimum absolute atomic E-state index is 0.246. The smallest absolute Gasteiger partial charge is 0.236 e. The van der Waals surface area contributed by atoms with Gasteiger partial charge in [0.05, 0.1) is 6.54 Å². The molecule has 0 radical (unpaired) electrons. The highest BCUT2D eigenvalue weighted by molar-refractivity contribution is 5.78. The molecule has 0 unspecified atom stereocenters. The number of carbonyl (C=O) groups is 1. The molecule has 0 aromatic heterocycles. The number of rotatable bonds is 5. The van der Waals surface area contributed by atoms with Crippen molar-refractivity contribution in [3.8, 4) is 0 Å². The molecular weight excluding hydrogens is 214 g/mol. The van der Waals surface area contributed by atoms with Gasteiger partial charge in [-0.2, -0.15) is 0 Å². The molecule has 98 valence electrons. The van der Waals surface area contributed by atoms with E-state index in [4.69, 9.17) is 0 Å². The zero-order valence-electron chi connectivity index (χ0n) is 11.1. The fourth-order valence-electron chi connectivity index (χ4n) is 2.39. The molecule has 1 aliphatic carbocycles. The van der Waals surface area contributed by atoms with Crippen molar-refractivity contribution in [2.24, 2.45) is 5.92 Å². The maximum absolute atomic E-state index is 11.9. The van der Waals surface area contributed by atoms with Crippen molar-refractivity contribution in [3.63, 3.8) is 0 Å². The van der Waals surface area contributed by atoms with Gasteiger partial charge in [0.25, 0.3) is 0 Å². The minimum Gasteiger partial charge on any atom is -0.344 e. The lowest BCUT2D eigenvalue weighted by molar-refractivity contribution is -0.129. The molecule has 2 fully saturated rings. The van der Waals surface area contributed by atoms with Gasteiger partial charge in [-0.1, -0.05) is 0 Å². The quantitative estimate of drug-likeness (QED) is 0.760. The number of amides is 1. The summed E-state index contributed by atoms with van der Waals surface area (Å²) >= 11 is 0. The molecule has 1 amide bonds. The van der Waals surface area contributed by atoms with Crippen LogP contribution in [0.4, 0.5) is 0 Å². The van der Waals surface area contributed by atoms with Crippen molar-refractivity contribution in [1.29, 1.82) is 0 Å². The van der Waals surface area contributed by atoms with Crippen molar-refractivity contribution in [3.05, 3.63) is 0 Å². The van der Waals surface area contributed by atoms with Gasteiger partial charge in [0.1, 0.15) is 0 Å². The highest BCUT2D eigenvalue weighted by atomic mass is 16.2. The third kappa shape index (κ3) is 4.28. The molecule has 1 aliphatic heterocycles. The largest absolute Gasteiger partial charge is 0.344 e. The summed E-state index contributed by atoms with van der Waals surface area (Å²) in [7, 11) is 4.11. The summed E-state index contributed by atoms with van der Waals surface area (Å²) in [5, 5.41) is 3.28. The van der Waals surface area contributed by atoms with Gasteiger partial charge in [-0.05, 0) is 51.7 Å². The number of hydrogen-bond donors (Lipinski definition) is 1. The summed E-state index contributed by atoms with van der Waals surface area (Å²) in [6, 6.07) is 0.621. The van der Waals surface area contributed by atoms with Crippen molar-refractivity contribution >= 4 is 5.91 Å². The second-order valence-corrected chi connectivity index (χ2v) is 5.68. The molecule has 0 bridgehead atoms. The van der Waals surface area contributed by atoms with Gasteiger partial charge in [-0.3, -0.25) is 4.79 Å². The Kier molecular flexibility index (Phi) is 4.40. The number of carbonyl (C=O) groups excluding carboxylic acids is 1. The molecule has 0 aromatic carbocycles. The normalized spacial score (nSPS) is 22.7. The monoisotopic (exact) mass is 239 g/mol. The molecule has 2 aliphatic rings. The molecule has 4 nitrogen and oxygen atoms in total. The van der Waals surface area contributed by atoms with Gasteiger partial charge < -0.3 is 15.1 Å². The molecule has 0 atom stereocenters. The summed E-state index contributed by atoms with van der Waals surface area (Å²) < 4.78 is 0. The Morgan fingerprint density at radius 1 is 1.29 bits per heavy atom. The van der Waals surface area contributed by atoms with Gasteiger partial charge >= 0.3 is 0 Å². The van der Waals surface area contributed by atoms with E-state index >= 15 is 0 Å². The topological polar surface area (TPSA) is 35.6 Å². The van der Waals surface area contributed by atoms with Crippen LogP contribution in [-0.4, -0.2) is 62.0 Å². The number of likely N-dealkylation sites (N-methyl/N-ethyl adjacent to an activating group) is 1. The molecule has 0 aromatic rings. The number of nitrogens with one attached hydrogen (secondary N) is 1. The van der Waals surface area contributed by atoms with Gasteiger partial charge in [-0.15, -0.1) is 0 Å². The van der Waals surface area contributed by atoms with Gasteiger partial charge in [0.15, 0.2) is 0 Å². The van der Waals surface area contributed by atoms with E-state index < -0.39 is 0 Å². The summed E-state index contributed by atoms with van der Waals surface area (Å²) in [6.07, 6.45) is 4.94. The maximum Gasteiger partial charge on any atom is 0.236 e. The van der Waals surface area contributed by atoms with Crippen molar-refractivity contribution in [2.75, 3.05) is 40.3 Å². The Labute approximate surface area is 104 Å². The Hall–Kier alpha value is -0.610. The molecular formula is C13H25N3O. The van der Waals surface area contributed by atoms with Crippen molar-refractivity contribution in [2.45, 2.75) is 31.7 Å². The predicted octanol–water partition coefficient (Wildman–Crippen LogP) is 0.539. The first kappa shape index (κ1) is 12.8. The molecule has 1 saturated carbocycles. The van der Waals surface area contributed by atoms with Crippen LogP contribution in [0.1, 0.15) is 25.7 Å². The van der Waals surface area contributed by atoms with E-state index in [2.05, 4.69) is 17.3 Å². The molecule has 17 heavy (non-hydrogen) atoms. The lowest BCUT2D eigenvalue weighted by Gasteiger charge is -2.31. The molecule has 1 saturated heterocycles. The standard InChI is InChI=1S/C13H25N3O/c1-15-7-5-11(6-8-15)10-16(2)13(17)9-14-12-3-4-12/h11-12,14H,3-10H2,1-2H3. The summed E-state index contributed by atoms with van der Waals surface area (Å²) in [6.45, 7) is 3.80. The van der Waals surface area contributed by atoms with Crippen LogP contribution >= 0.6 is 0 Å². The average molecular weight is 239 g/mol. The van der Waals surface area contributed by atoms with E-state index in [9.17, 15) is 4.79 Å². The number of piperidine rings is 1. The van der Waals surface area contributed by atoms with Crippen LogP contribution < -0.4 is 5.32 Å². The minimum atomic E-state index is 0.246. The third-order valence-electron chi connectivity index (χ3n) is 3.92. The second kappa shape index (κ2) is 5.83. The lowest BCUT2D eigenvalue weighted by Crippen LogP contribution is -2.41. The van der Waals surface area contributed by atoms with Crippen molar-refractivity contribution in [1.82, 2.24) is 15.1 Å². The van der Waals surface area contributed by atoms with Crippen LogP contribution in [-0.2, 0) is 4.79 Å². The summed E-state index contributed by atoms with van der Waals surface area (Å²) in [5.41, 5.74) is 0. The Morgan fingerprint density at radius 3 is 2.53 bits per heavy atom. The van der Waals surface area contributed by atoms with Crippen LogP contribution in [0.25, 0.3) is 0 Å². The number of nitrogens with zero attached hydrogens (tertiary/aromatic N) is 2. The Bertz CT molecular complexity index is 257. The van der Waals surface area contributed by atoms with E-state index in [-0.39, 0.29) is 5.91 Å². The van der Waals surface area contributed by atoms with E-state index in [0.29, 0.717) is 18.5 Å². The first-order chi connectivity index (χ1) is 8.15. The van der Waals surface area contributed by atoms with Gasteiger partial charge in [-0.25, -0.2) is 0 Å².